The standard InChI is InChI=1S/C21H21NO3S/c1-5-25-21(24)19-20(26-16-9-12(2)8-13(3)10-16)17-11-15(14(4)23)6-7-18(17)22-19/h6-11,22H,5H2,1-4H3. The highest BCUT2D eigenvalue weighted by molar-refractivity contribution is 7.99. The number of nitrogens with one attached hydrogen (secondary N) is 1. The topological polar surface area (TPSA) is 59.2 Å². The molecule has 3 aromatic rings. The summed E-state index contributed by atoms with van der Waals surface area (Å²) in [6.45, 7) is 7.72. The molecule has 0 saturated carbocycles. The fourth-order valence-corrected chi connectivity index (χ4v) is 4.19. The normalized spacial score (nSPS) is 10.9. The number of Topliss-reactive ketones (excluding diaryl/α,β-unsaturated/α-hetero) is 1. The van der Waals surface area contributed by atoms with E-state index in [2.05, 4.69) is 23.2 Å². The van der Waals surface area contributed by atoms with Gasteiger partial charge in [-0.25, -0.2) is 4.79 Å². The molecule has 0 saturated heterocycles. The van der Waals surface area contributed by atoms with Gasteiger partial charge in [0.1, 0.15) is 5.69 Å². The number of hydrogen-bond donors (Lipinski definition) is 1. The first-order valence-electron chi connectivity index (χ1n) is 8.49. The predicted octanol–water partition coefficient (Wildman–Crippen LogP) is 5.32. The van der Waals surface area contributed by atoms with E-state index in [4.69, 9.17) is 4.74 Å². The average molecular weight is 367 g/mol. The number of rotatable bonds is 5. The van der Waals surface area contributed by atoms with Gasteiger partial charge in [-0.15, -0.1) is 0 Å². The fraction of sp³-hybridized carbons (Fsp3) is 0.238. The molecule has 0 atom stereocenters. The molecule has 26 heavy (non-hydrogen) atoms. The molecule has 1 heterocycles. The molecule has 0 spiro atoms. The summed E-state index contributed by atoms with van der Waals surface area (Å²) in [7, 11) is 0. The van der Waals surface area contributed by atoms with Crippen LogP contribution in [0.3, 0.4) is 0 Å². The lowest BCUT2D eigenvalue weighted by atomic mass is 10.1. The first-order valence-corrected chi connectivity index (χ1v) is 9.30. The minimum absolute atomic E-state index is 0.00636. The van der Waals surface area contributed by atoms with Gasteiger partial charge >= 0.3 is 5.97 Å². The SMILES string of the molecule is CCOC(=O)c1[nH]c2ccc(C(C)=O)cc2c1Sc1cc(C)cc(C)c1. The van der Waals surface area contributed by atoms with Crippen molar-refractivity contribution in [3.63, 3.8) is 0 Å². The molecular formula is C21H21NO3S. The van der Waals surface area contributed by atoms with E-state index in [9.17, 15) is 9.59 Å². The van der Waals surface area contributed by atoms with Crippen LogP contribution < -0.4 is 0 Å². The van der Waals surface area contributed by atoms with E-state index < -0.39 is 0 Å². The number of carbonyl (C=O) groups excluding carboxylic acids is 2. The number of aromatic nitrogens is 1. The van der Waals surface area contributed by atoms with Crippen LogP contribution in [-0.2, 0) is 4.74 Å². The third kappa shape index (κ3) is 3.68. The van der Waals surface area contributed by atoms with Gasteiger partial charge in [0.15, 0.2) is 5.78 Å². The molecular weight excluding hydrogens is 346 g/mol. The van der Waals surface area contributed by atoms with E-state index in [1.54, 1.807) is 13.0 Å². The summed E-state index contributed by atoms with van der Waals surface area (Å²) in [4.78, 5) is 29.2. The van der Waals surface area contributed by atoms with Crippen LogP contribution in [-0.4, -0.2) is 23.3 Å². The van der Waals surface area contributed by atoms with Crippen molar-refractivity contribution in [2.75, 3.05) is 6.61 Å². The summed E-state index contributed by atoms with van der Waals surface area (Å²) in [6.07, 6.45) is 0. The zero-order chi connectivity index (χ0) is 18.8. The zero-order valence-electron chi connectivity index (χ0n) is 15.3. The van der Waals surface area contributed by atoms with Crippen LogP contribution in [0.2, 0.25) is 0 Å². The average Bonchev–Trinajstić information content (AvgIpc) is 2.92. The van der Waals surface area contributed by atoms with Crippen molar-refractivity contribution < 1.29 is 14.3 Å². The first kappa shape index (κ1) is 18.3. The van der Waals surface area contributed by atoms with E-state index >= 15 is 0 Å². The Balaban J connectivity index is 2.17. The van der Waals surface area contributed by atoms with Crippen molar-refractivity contribution in [2.45, 2.75) is 37.5 Å². The fourth-order valence-electron chi connectivity index (χ4n) is 2.95. The minimum atomic E-state index is -0.389. The Morgan fingerprint density at radius 2 is 1.77 bits per heavy atom. The number of H-pyrrole nitrogens is 1. The van der Waals surface area contributed by atoms with Gasteiger partial charge in [-0.3, -0.25) is 4.79 Å². The van der Waals surface area contributed by atoms with Gasteiger partial charge in [0, 0.05) is 21.4 Å². The van der Waals surface area contributed by atoms with E-state index in [0.29, 0.717) is 17.9 Å². The number of aryl methyl sites for hydroxylation is 2. The van der Waals surface area contributed by atoms with Gasteiger partial charge in [0.2, 0.25) is 0 Å². The molecule has 0 bridgehead atoms. The van der Waals surface area contributed by atoms with Gasteiger partial charge in [-0.1, -0.05) is 17.8 Å². The Hall–Kier alpha value is -2.53. The van der Waals surface area contributed by atoms with Crippen LogP contribution in [0.25, 0.3) is 10.9 Å². The van der Waals surface area contributed by atoms with Gasteiger partial charge in [0.25, 0.3) is 0 Å². The van der Waals surface area contributed by atoms with Crippen molar-refractivity contribution in [1.29, 1.82) is 0 Å². The van der Waals surface area contributed by atoms with E-state index in [1.807, 2.05) is 26.0 Å². The highest BCUT2D eigenvalue weighted by atomic mass is 32.2. The second-order valence-electron chi connectivity index (χ2n) is 6.29. The Kier molecular flexibility index (Phi) is 5.18. The number of fused-ring (bicyclic) bond motifs is 1. The third-order valence-corrected chi connectivity index (χ3v) is 5.15. The Morgan fingerprint density at radius 3 is 2.38 bits per heavy atom. The highest BCUT2D eigenvalue weighted by Gasteiger charge is 2.21. The van der Waals surface area contributed by atoms with Crippen LogP contribution in [0.1, 0.15) is 45.8 Å². The number of benzene rings is 2. The zero-order valence-corrected chi connectivity index (χ0v) is 16.1. The van der Waals surface area contributed by atoms with Crippen LogP contribution in [0.5, 0.6) is 0 Å². The quantitative estimate of drug-likeness (QED) is 0.490. The molecule has 1 N–H and O–H groups in total. The minimum Gasteiger partial charge on any atom is -0.461 e. The largest absolute Gasteiger partial charge is 0.461 e. The lowest BCUT2D eigenvalue weighted by molar-refractivity contribution is 0.0516. The molecule has 1 aromatic heterocycles. The maximum Gasteiger partial charge on any atom is 0.355 e. The number of ketones is 1. The van der Waals surface area contributed by atoms with Crippen molar-refractivity contribution in [1.82, 2.24) is 4.98 Å². The Labute approximate surface area is 156 Å². The summed E-state index contributed by atoms with van der Waals surface area (Å²) in [5.41, 5.74) is 4.18. The second kappa shape index (κ2) is 7.38. The Bertz CT molecular complexity index is 984. The van der Waals surface area contributed by atoms with E-state index in [-0.39, 0.29) is 11.8 Å². The van der Waals surface area contributed by atoms with Crippen molar-refractivity contribution in [2.24, 2.45) is 0 Å². The van der Waals surface area contributed by atoms with Crippen molar-refractivity contribution in [3.05, 3.63) is 58.8 Å². The molecule has 3 rings (SSSR count). The molecule has 0 aliphatic heterocycles. The molecule has 0 unspecified atom stereocenters. The summed E-state index contributed by atoms with van der Waals surface area (Å²) in [5.74, 6) is -0.395. The van der Waals surface area contributed by atoms with Crippen LogP contribution in [0.4, 0.5) is 0 Å². The summed E-state index contributed by atoms with van der Waals surface area (Å²) < 4.78 is 5.21. The van der Waals surface area contributed by atoms with Gasteiger partial charge < -0.3 is 9.72 Å². The highest BCUT2D eigenvalue weighted by Crippen LogP contribution is 2.38. The molecule has 5 heteroatoms. The molecule has 134 valence electrons. The lowest BCUT2D eigenvalue weighted by Crippen LogP contribution is -2.06. The summed E-state index contributed by atoms with van der Waals surface area (Å²) >= 11 is 1.51. The molecule has 0 radical (unpaired) electrons. The van der Waals surface area contributed by atoms with Crippen LogP contribution >= 0.6 is 11.8 Å². The van der Waals surface area contributed by atoms with Crippen LogP contribution in [0, 0.1) is 13.8 Å². The molecule has 0 fully saturated rings. The maximum absolute atomic E-state index is 12.4. The van der Waals surface area contributed by atoms with Crippen molar-refractivity contribution in [3.8, 4) is 0 Å². The number of aromatic amines is 1. The monoisotopic (exact) mass is 367 g/mol. The maximum atomic E-state index is 12.4. The summed E-state index contributed by atoms with van der Waals surface area (Å²) in [5, 5.41) is 0.852. The lowest BCUT2D eigenvalue weighted by Gasteiger charge is -2.07. The van der Waals surface area contributed by atoms with E-state index in [0.717, 1.165) is 31.8 Å². The van der Waals surface area contributed by atoms with Gasteiger partial charge in [0.05, 0.1) is 11.5 Å². The number of hydrogen-bond acceptors (Lipinski definition) is 4. The van der Waals surface area contributed by atoms with Gasteiger partial charge in [-0.2, -0.15) is 0 Å². The van der Waals surface area contributed by atoms with Gasteiger partial charge in [-0.05, 0) is 69.2 Å². The molecule has 0 amide bonds. The number of esters is 1. The molecule has 0 aliphatic rings. The second-order valence-corrected chi connectivity index (χ2v) is 7.38. The smallest absolute Gasteiger partial charge is 0.355 e. The molecule has 4 nitrogen and oxygen atoms in total. The summed E-state index contributed by atoms with van der Waals surface area (Å²) in [6, 6.07) is 11.7. The van der Waals surface area contributed by atoms with Crippen LogP contribution in [0.15, 0.2) is 46.2 Å². The Morgan fingerprint density at radius 1 is 1.08 bits per heavy atom. The van der Waals surface area contributed by atoms with Crippen molar-refractivity contribution >= 4 is 34.4 Å². The van der Waals surface area contributed by atoms with E-state index in [1.165, 1.54) is 18.7 Å². The predicted molar refractivity (Wildman–Crippen MR) is 104 cm³/mol. The first-order chi connectivity index (χ1) is 12.4. The third-order valence-electron chi connectivity index (χ3n) is 4.05. The molecule has 2 aromatic carbocycles. The number of carbonyl (C=O) groups is 2. The number of ether oxygens (including phenoxy) is 1. The molecule has 0 aliphatic carbocycles.